The van der Waals surface area contributed by atoms with Gasteiger partial charge in [-0.2, -0.15) is 0 Å². The predicted octanol–water partition coefficient (Wildman–Crippen LogP) is 8.43. The van der Waals surface area contributed by atoms with Gasteiger partial charge in [-0.15, -0.1) is 0 Å². The normalized spacial score (nSPS) is 14.3. The van der Waals surface area contributed by atoms with Gasteiger partial charge in [0, 0.05) is 4.43 Å². The van der Waals surface area contributed by atoms with Crippen LogP contribution in [-0.4, -0.2) is 4.43 Å². The van der Waals surface area contributed by atoms with Crippen molar-refractivity contribution in [2.24, 2.45) is 11.3 Å². The summed E-state index contributed by atoms with van der Waals surface area (Å²) < 4.78 is 1.17. The van der Waals surface area contributed by atoms with Crippen LogP contribution in [0.4, 0.5) is 0 Å². The molecule has 0 aliphatic carbocycles. The molecule has 0 heterocycles. The Bertz CT molecular complexity index is 772. The number of benzene rings is 1. The van der Waals surface area contributed by atoms with E-state index in [4.69, 9.17) is 0 Å². The van der Waals surface area contributed by atoms with Gasteiger partial charge in [0.1, 0.15) is 0 Å². The molecule has 0 N–H and O–H groups in total. The van der Waals surface area contributed by atoms with E-state index in [1.807, 2.05) is 13.8 Å². The highest BCUT2D eigenvalue weighted by Gasteiger charge is 2.25. The van der Waals surface area contributed by atoms with Crippen LogP contribution in [0, 0.1) is 25.2 Å². The second-order valence-corrected chi connectivity index (χ2v) is 9.42. The van der Waals surface area contributed by atoms with Crippen molar-refractivity contribution in [2.75, 3.05) is 4.43 Å². The lowest BCUT2D eigenvalue weighted by Crippen LogP contribution is -2.25. The highest BCUT2D eigenvalue weighted by Crippen LogP contribution is 2.34. The SMILES string of the molecule is C=C(C)/C(=C/C)C(=C)/C=C(\C)c1cc(C)c(C)cc1C[C@@H](C)C(C)(C)CI. The third-order valence-electron chi connectivity index (χ3n) is 5.83. The van der Waals surface area contributed by atoms with Crippen LogP contribution < -0.4 is 0 Å². The summed E-state index contributed by atoms with van der Waals surface area (Å²) in [7, 11) is 0. The minimum atomic E-state index is 0.329. The molecule has 0 radical (unpaired) electrons. The monoisotopic (exact) mass is 476 g/mol. The first-order chi connectivity index (χ1) is 12.4. The van der Waals surface area contributed by atoms with E-state index >= 15 is 0 Å². The van der Waals surface area contributed by atoms with Gasteiger partial charge in [0.05, 0.1) is 0 Å². The topological polar surface area (TPSA) is 0 Å². The second-order valence-electron chi connectivity index (χ2n) is 8.66. The Morgan fingerprint density at radius 3 is 2.19 bits per heavy atom. The van der Waals surface area contributed by atoms with Crippen LogP contribution in [0.1, 0.15) is 63.8 Å². The Kier molecular flexibility index (Phi) is 8.79. The number of aryl methyl sites for hydroxylation is 2. The molecule has 0 aromatic heterocycles. The van der Waals surface area contributed by atoms with E-state index in [1.54, 1.807) is 0 Å². The largest absolute Gasteiger partial charge is 0.0955 e. The fourth-order valence-corrected chi connectivity index (χ4v) is 4.02. The Morgan fingerprint density at radius 2 is 1.70 bits per heavy atom. The molecule has 0 aliphatic rings. The predicted molar refractivity (Wildman–Crippen MR) is 133 cm³/mol. The first kappa shape index (κ1) is 23.9. The number of allylic oxidation sites excluding steroid dienone is 6. The molecule has 0 fully saturated rings. The molecule has 0 saturated carbocycles. The van der Waals surface area contributed by atoms with Crippen molar-refractivity contribution in [1.29, 1.82) is 0 Å². The van der Waals surface area contributed by atoms with Crippen molar-refractivity contribution in [2.45, 2.75) is 61.8 Å². The standard InChI is InChI=1S/C26H37I/c1-11-24(17(2)3)20(6)12-21(7)25-14-19(5)18(4)13-23(25)15-22(8)26(9,10)16-27/h11-14,22H,2,6,15-16H2,1,3-5,7-10H3/b21-12+,24-11-/t22-/m1/s1. The van der Waals surface area contributed by atoms with Crippen LogP contribution >= 0.6 is 22.6 Å². The van der Waals surface area contributed by atoms with Gasteiger partial charge in [0.15, 0.2) is 0 Å². The maximum atomic E-state index is 4.29. The van der Waals surface area contributed by atoms with Crippen LogP contribution in [0.2, 0.25) is 0 Å². The van der Waals surface area contributed by atoms with E-state index < -0.39 is 0 Å². The van der Waals surface area contributed by atoms with Crippen molar-refractivity contribution < 1.29 is 0 Å². The number of halogens is 1. The van der Waals surface area contributed by atoms with Gasteiger partial charge < -0.3 is 0 Å². The average Bonchev–Trinajstić information content (AvgIpc) is 2.57. The molecule has 0 nitrogen and oxygen atoms in total. The van der Waals surface area contributed by atoms with Crippen molar-refractivity contribution in [3.8, 4) is 0 Å². The maximum absolute atomic E-state index is 4.29. The van der Waals surface area contributed by atoms with E-state index in [9.17, 15) is 0 Å². The summed E-state index contributed by atoms with van der Waals surface area (Å²) in [6.45, 7) is 26.2. The number of hydrogen-bond acceptors (Lipinski definition) is 0. The molecular formula is C26H37I. The zero-order chi connectivity index (χ0) is 20.9. The third kappa shape index (κ3) is 6.20. The zero-order valence-corrected chi connectivity index (χ0v) is 20.8. The maximum Gasteiger partial charge on any atom is 0.00493 e. The fourth-order valence-electron chi connectivity index (χ4n) is 3.27. The molecular weight excluding hydrogens is 439 g/mol. The molecule has 0 aliphatic heterocycles. The Labute approximate surface area is 181 Å². The number of hydrogen-bond donors (Lipinski definition) is 0. The lowest BCUT2D eigenvalue weighted by molar-refractivity contribution is 0.272. The lowest BCUT2D eigenvalue weighted by atomic mass is 9.77. The molecule has 1 heteroatoms. The van der Waals surface area contributed by atoms with E-state index in [2.05, 4.69) is 102 Å². The second kappa shape index (κ2) is 9.91. The van der Waals surface area contributed by atoms with Crippen LogP contribution in [0.3, 0.4) is 0 Å². The van der Waals surface area contributed by atoms with Gasteiger partial charge in [-0.1, -0.05) is 86.4 Å². The summed E-state index contributed by atoms with van der Waals surface area (Å²) in [6, 6.07) is 4.74. The molecule has 0 spiro atoms. The molecule has 1 aromatic carbocycles. The molecule has 1 atom stereocenters. The highest BCUT2D eigenvalue weighted by molar-refractivity contribution is 14.1. The minimum Gasteiger partial charge on any atom is -0.0955 e. The van der Waals surface area contributed by atoms with Gasteiger partial charge in [-0.25, -0.2) is 0 Å². The van der Waals surface area contributed by atoms with Gasteiger partial charge in [-0.05, 0) is 91.3 Å². The smallest absolute Gasteiger partial charge is 0.00493 e. The molecule has 1 rings (SSSR count). The first-order valence-corrected chi connectivity index (χ1v) is 11.3. The van der Waals surface area contributed by atoms with Gasteiger partial charge in [0.25, 0.3) is 0 Å². The van der Waals surface area contributed by atoms with Crippen molar-refractivity contribution >= 4 is 28.2 Å². The summed E-state index contributed by atoms with van der Waals surface area (Å²) in [5.41, 5.74) is 10.4. The molecule has 0 amide bonds. The number of alkyl halides is 1. The van der Waals surface area contributed by atoms with Crippen molar-refractivity contribution in [1.82, 2.24) is 0 Å². The molecule has 148 valence electrons. The van der Waals surface area contributed by atoms with E-state index in [-0.39, 0.29) is 0 Å². The Morgan fingerprint density at radius 1 is 1.15 bits per heavy atom. The Balaban J connectivity index is 3.38. The zero-order valence-electron chi connectivity index (χ0n) is 18.6. The van der Waals surface area contributed by atoms with Gasteiger partial charge in [0.2, 0.25) is 0 Å². The minimum absolute atomic E-state index is 0.329. The van der Waals surface area contributed by atoms with E-state index in [0.717, 1.165) is 23.1 Å². The third-order valence-corrected chi connectivity index (χ3v) is 7.80. The molecule has 27 heavy (non-hydrogen) atoms. The summed E-state index contributed by atoms with van der Waals surface area (Å²) >= 11 is 2.52. The Hall–Kier alpha value is -1.09. The quantitative estimate of drug-likeness (QED) is 0.201. The summed E-state index contributed by atoms with van der Waals surface area (Å²) in [6.07, 6.45) is 5.41. The van der Waals surface area contributed by atoms with Crippen LogP contribution in [0.5, 0.6) is 0 Å². The van der Waals surface area contributed by atoms with Crippen molar-refractivity contribution in [3.63, 3.8) is 0 Å². The molecule has 1 aromatic rings. The van der Waals surface area contributed by atoms with Gasteiger partial charge >= 0.3 is 0 Å². The van der Waals surface area contributed by atoms with Crippen LogP contribution in [0.15, 0.2) is 54.2 Å². The summed E-state index contributed by atoms with van der Waals surface area (Å²) in [4.78, 5) is 0. The lowest BCUT2D eigenvalue weighted by Gasteiger charge is -2.31. The summed E-state index contributed by atoms with van der Waals surface area (Å²) in [5, 5.41) is 0. The highest BCUT2D eigenvalue weighted by atomic mass is 127. The molecule has 0 bridgehead atoms. The number of rotatable bonds is 8. The molecule has 0 saturated heterocycles. The van der Waals surface area contributed by atoms with Crippen molar-refractivity contribution in [3.05, 3.63) is 76.4 Å². The van der Waals surface area contributed by atoms with Gasteiger partial charge in [-0.3, -0.25) is 0 Å². The molecule has 0 unspecified atom stereocenters. The first-order valence-electron chi connectivity index (χ1n) is 9.80. The van der Waals surface area contributed by atoms with Crippen LogP contribution in [-0.2, 0) is 6.42 Å². The summed E-state index contributed by atoms with van der Waals surface area (Å²) in [5.74, 6) is 0.618. The average molecular weight is 476 g/mol. The fraction of sp³-hybridized carbons (Fsp3) is 0.462. The van der Waals surface area contributed by atoms with E-state index in [0.29, 0.717) is 11.3 Å². The van der Waals surface area contributed by atoms with E-state index in [1.165, 1.54) is 32.3 Å². The van der Waals surface area contributed by atoms with Crippen LogP contribution in [0.25, 0.3) is 5.57 Å².